The zero-order chi connectivity index (χ0) is 25.0. The molecule has 0 saturated carbocycles. The number of aliphatic hydroxyl groups excluding tert-OH is 1. The number of amides is 1. The van der Waals surface area contributed by atoms with Crippen molar-refractivity contribution in [2.75, 3.05) is 18.1 Å². The van der Waals surface area contributed by atoms with E-state index in [0.717, 1.165) is 21.3 Å². The van der Waals surface area contributed by atoms with E-state index in [1.807, 2.05) is 56.3 Å². The summed E-state index contributed by atoms with van der Waals surface area (Å²) in [6, 6.07) is 17.4. The van der Waals surface area contributed by atoms with Gasteiger partial charge in [-0.05, 0) is 54.8 Å². The number of aromatic nitrogens is 1. The lowest BCUT2D eigenvalue weighted by Crippen LogP contribution is -2.29. The first-order valence-electron chi connectivity index (χ1n) is 11.6. The molecule has 0 radical (unpaired) electrons. The highest BCUT2D eigenvalue weighted by Gasteiger charge is 2.48. The van der Waals surface area contributed by atoms with Crippen molar-refractivity contribution in [3.05, 3.63) is 88.5 Å². The monoisotopic (exact) mass is 498 g/mol. The first-order valence-corrected chi connectivity index (χ1v) is 12.4. The first-order chi connectivity index (χ1) is 17.4. The van der Waals surface area contributed by atoms with Gasteiger partial charge in [0, 0.05) is 5.56 Å². The van der Waals surface area contributed by atoms with Crippen molar-refractivity contribution in [3.63, 3.8) is 0 Å². The average molecular weight is 499 g/mol. The van der Waals surface area contributed by atoms with Gasteiger partial charge in [-0.2, -0.15) is 0 Å². The summed E-state index contributed by atoms with van der Waals surface area (Å²) >= 11 is 1.36. The predicted molar refractivity (Wildman–Crippen MR) is 138 cm³/mol. The molecule has 0 unspecified atom stereocenters. The van der Waals surface area contributed by atoms with Gasteiger partial charge < -0.3 is 14.6 Å². The molecule has 180 valence electrons. The molecule has 8 heteroatoms. The van der Waals surface area contributed by atoms with E-state index in [1.54, 1.807) is 18.2 Å². The van der Waals surface area contributed by atoms with Crippen molar-refractivity contribution in [1.82, 2.24) is 4.98 Å². The van der Waals surface area contributed by atoms with Crippen molar-refractivity contribution in [1.29, 1.82) is 0 Å². The normalized spacial score (nSPS) is 18.7. The molecule has 3 heterocycles. The molecule has 6 rings (SSSR count). The number of ether oxygens (including phenoxy) is 2. The van der Waals surface area contributed by atoms with Crippen molar-refractivity contribution >= 4 is 44.1 Å². The average Bonchev–Trinajstić information content (AvgIpc) is 3.42. The van der Waals surface area contributed by atoms with Crippen LogP contribution in [-0.2, 0) is 9.59 Å². The smallest absolute Gasteiger partial charge is 0.301 e. The van der Waals surface area contributed by atoms with Gasteiger partial charge in [-0.3, -0.25) is 14.5 Å². The standard InChI is InChI=1S/C28H22N2O5S/c1-15-12-16(2)23-21(13-15)36-28(29-23)30-24(17-6-4-3-5-7-17)22(26(32)27(30)33)25(31)18-8-9-19-20(14-18)35-11-10-34-19/h3-9,12-14,24,31H,10-11H2,1-2H3/b25-22+/t24-/m1/s1. The van der Waals surface area contributed by atoms with Gasteiger partial charge in [-0.25, -0.2) is 4.98 Å². The van der Waals surface area contributed by atoms with Crippen molar-refractivity contribution in [3.8, 4) is 11.5 Å². The molecule has 4 aromatic rings. The van der Waals surface area contributed by atoms with Crippen LogP contribution in [0.5, 0.6) is 11.5 Å². The summed E-state index contributed by atoms with van der Waals surface area (Å²) in [4.78, 5) is 33.0. The molecule has 0 bridgehead atoms. The van der Waals surface area contributed by atoms with Crippen molar-refractivity contribution < 1.29 is 24.2 Å². The van der Waals surface area contributed by atoms with Crippen LogP contribution in [0.25, 0.3) is 16.0 Å². The minimum atomic E-state index is -0.832. The van der Waals surface area contributed by atoms with E-state index in [-0.39, 0.29) is 11.3 Å². The molecule has 1 fully saturated rings. The molecule has 1 saturated heterocycles. The molecule has 1 atom stereocenters. The highest BCUT2D eigenvalue weighted by atomic mass is 32.1. The Kier molecular flexibility index (Phi) is 5.26. The quantitative estimate of drug-likeness (QED) is 0.234. The van der Waals surface area contributed by atoms with Gasteiger partial charge in [-0.15, -0.1) is 0 Å². The molecular weight excluding hydrogens is 476 g/mol. The predicted octanol–water partition coefficient (Wildman–Crippen LogP) is 5.31. The Balaban J connectivity index is 1.54. The number of hydrogen-bond donors (Lipinski definition) is 1. The fourth-order valence-corrected chi connectivity index (χ4v) is 5.96. The van der Waals surface area contributed by atoms with Gasteiger partial charge in [-0.1, -0.05) is 47.7 Å². The van der Waals surface area contributed by atoms with E-state index in [4.69, 9.17) is 14.5 Å². The van der Waals surface area contributed by atoms with Crippen LogP contribution in [0.1, 0.15) is 28.3 Å². The number of fused-ring (bicyclic) bond motifs is 2. The van der Waals surface area contributed by atoms with Gasteiger partial charge in [0.2, 0.25) is 0 Å². The van der Waals surface area contributed by atoms with Gasteiger partial charge in [0.25, 0.3) is 5.78 Å². The number of aryl methyl sites for hydroxylation is 2. The summed E-state index contributed by atoms with van der Waals surface area (Å²) in [6.45, 7) is 4.82. The van der Waals surface area contributed by atoms with Crippen LogP contribution < -0.4 is 14.4 Å². The maximum atomic E-state index is 13.5. The number of hydrogen-bond acceptors (Lipinski definition) is 7. The maximum Gasteiger partial charge on any atom is 0.301 e. The van der Waals surface area contributed by atoms with Gasteiger partial charge in [0.05, 0.1) is 21.8 Å². The molecule has 0 aliphatic carbocycles. The number of rotatable bonds is 3. The van der Waals surface area contributed by atoms with Gasteiger partial charge in [0.1, 0.15) is 19.0 Å². The number of nitrogens with zero attached hydrogens (tertiary/aromatic N) is 2. The lowest BCUT2D eigenvalue weighted by atomic mass is 9.95. The molecule has 2 aliphatic rings. The molecule has 1 N–H and O–H groups in total. The van der Waals surface area contributed by atoms with Crippen LogP contribution in [0, 0.1) is 13.8 Å². The Labute approximate surface area is 211 Å². The van der Waals surface area contributed by atoms with E-state index < -0.39 is 17.7 Å². The fourth-order valence-electron chi connectivity index (χ4n) is 4.79. The van der Waals surface area contributed by atoms with Crippen LogP contribution in [0.2, 0.25) is 0 Å². The molecule has 1 aromatic heterocycles. The van der Waals surface area contributed by atoms with E-state index in [0.29, 0.717) is 41.0 Å². The highest BCUT2D eigenvalue weighted by Crippen LogP contribution is 2.45. The molecule has 1 amide bonds. The third kappa shape index (κ3) is 3.53. The van der Waals surface area contributed by atoms with Crippen LogP contribution in [0.15, 0.2) is 66.2 Å². The molecular formula is C28H22N2O5S. The zero-order valence-corrected chi connectivity index (χ0v) is 20.5. The second-order valence-electron chi connectivity index (χ2n) is 8.86. The second kappa shape index (κ2) is 8.49. The van der Waals surface area contributed by atoms with Crippen LogP contribution in [-0.4, -0.2) is 35.0 Å². The number of anilines is 1. The summed E-state index contributed by atoms with van der Waals surface area (Å²) in [5.41, 5.74) is 3.96. The molecule has 3 aromatic carbocycles. The van der Waals surface area contributed by atoms with Crippen molar-refractivity contribution in [2.24, 2.45) is 0 Å². The topological polar surface area (TPSA) is 89.0 Å². The second-order valence-corrected chi connectivity index (χ2v) is 9.87. The Morgan fingerprint density at radius 2 is 1.75 bits per heavy atom. The number of benzene rings is 3. The van der Waals surface area contributed by atoms with E-state index >= 15 is 0 Å². The Bertz CT molecular complexity index is 1570. The number of thiazole rings is 1. The van der Waals surface area contributed by atoms with E-state index in [2.05, 4.69) is 0 Å². The highest BCUT2D eigenvalue weighted by molar-refractivity contribution is 7.22. The summed E-state index contributed by atoms with van der Waals surface area (Å²) in [5, 5.41) is 11.8. The van der Waals surface area contributed by atoms with Crippen molar-refractivity contribution in [2.45, 2.75) is 19.9 Å². The lowest BCUT2D eigenvalue weighted by Gasteiger charge is -2.23. The molecule has 0 spiro atoms. The summed E-state index contributed by atoms with van der Waals surface area (Å²) in [6.07, 6.45) is 0. The molecule has 2 aliphatic heterocycles. The lowest BCUT2D eigenvalue weighted by molar-refractivity contribution is -0.132. The number of Topliss-reactive ketones (excluding diaryl/α,β-unsaturated/α-hetero) is 1. The number of carbonyl (C=O) groups is 2. The summed E-state index contributed by atoms with van der Waals surface area (Å²) in [7, 11) is 0. The minimum absolute atomic E-state index is 0.00929. The maximum absolute atomic E-state index is 13.5. The number of ketones is 1. The largest absolute Gasteiger partial charge is 0.507 e. The van der Waals surface area contributed by atoms with Crippen LogP contribution in [0.4, 0.5) is 5.13 Å². The Morgan fingerprint density at radius 3 is 2.53 bits per heavy atom. The summed E-state index contributed by atoms with van der Waals surface area (Å²) in [5.74, 6) is -0.708. The first kappa shape index (κ1) is 22.3. The minimum Gasteiger partial charge on any atom is -0.507 e. The number of carbonyl (C=O) groups excluding carboxylic acids is 2. The Hall–Kier alpha value is -4.17. The third-order valence-electron chi connectivity index (χ3n) is 6.40. The van der Waals surface area contributed by atoms with E-state index in [1.165, 1.54) is 16.2 Å². The zero-order valence-electron chi connectivity index (χ0n) is 19.6. The van der Waals surface area contributed by atoms with Crippen LogP contribution >= 0.6 is 11.3 Å². The number of aliphatic hydroxyl groups is 1. The van der Waals surface area contributed by atoms with Crippen LogP contribution in [0.3, 0.4) is 0 Å². The van der Waals surface area contributed by atoms with Gasteiger partial charge >= 0.3 is 5.91 Å². The third-order valence-corrected chi connectivity index (χ3v) is 7.40. The SMILES string of the molecule is Cc1cc(C)c2nc(N3C(=O)C(=O)/C(=C(/O)c4ccc5c(c4)OCCO5)[C@H]3c3ccccc3)sc2c1. The van der Waals surface area contributed by atoms with E-state index in [9.17, 15) is 14.7 Å². The summed E-state index contributed by atoms with van der Waals surface area (Å²) < 4.78 is 12.2. The fraction of sp³-hybridized carbons (Fsp3) is 0.179. The molecule has 36 heavy (non-hydrogen) atoms. The Morgan fingerprint density at radius 1 is 1.00 bits per heavy atom. The molecule has 7 nitrogen and oxygen atoms in total. The van der Waals surface area contributed by atoms with Gasteiger partial charge in [0.15, 0.2) is 16.6 Å².